The molecule has 1 aliphatic carbocycles. The molecule has 0 spiro atoms. The molecule has 1 aromatic carbocycles. The molecule has 2 aromatic rings. The number of amides is 1. The summed E-state index contributed by atoms with van der Waals surface area (Å²) < 4.78 is 26.9. The zero-order chi connectivity index (χ0) is 19.0. The standard InChI is InChI=1S/C19H23N3O3S2/c1-13-7-8-16-17(11-13)26-19(20-16)21-18(23)14-5-4-6-15(12-14)27(24,25)22-9-2-3-10-22/h4-6,12-13H,2-3,7-11H2,1H3,(H,20,21,23)/t13-/m0/s1. The van der Waals surface area contributed by atoms with Gasteiger partial charge in [0.15, 0.2) is 5.13 Å². The average molecular weight is 406 g/mol. The smallest absolute Gasteiger partial charge is 0.257 e. The largest absolute Gasteiger partial charge is 0.298 e. The van der Waals surface area contributed by atoms with Gasteiger partial charge in [0.05, 0.1) is 10.6 Å². The Morgan fingerprint density at radius 3 is 2.85 bits per heavy atom. The van der Waals surface area contributed by atoms with Crippen LogP contribution in [0.4, 0.5) is 5.13 Å². The molecule has 1 aromatic heterocycles. The Morgan fingerprint density at radius 2 is 2.07 bits per heavy atom. The molecule has 27 heavy (non-hydrogen) atoms. The number of thiazole rings is 1. The van der Waals surface area contributed by atoms with Gasteiger partial charge in [0.2, 0.25) is 10.0 Å². The molecule has 2 aliphatic rings. The molecule has 1 fully saturated rings. The summed E-state index contributed by atoms with van der Waals surface area (Å²) >= 11 is 1.52. The Labute approximate surface area is 163 Å². The van der Waals surface area contributed by atoms with Crippen LogP contribution in [0.5, 0.6) is 0 Å². The van der Waals surface area contributed by atoms with Crippen molar-refractivity contribution in [3.63, 3.8) is 0 Å². The highest BCUT2D eigenvalue weighted by atomic mass is 32.2. The summed E-state index contributed by atoms with van der Waals surface area (Å²) in [6, 6.07) is 6.26. The Bertz CT molecular complexity index is 962. The maximum absolute atomic E-state index is 12.7. The van der Waals surface area contributed by atoms with Gasteiger partial charge in [0.1, 0.15) is 0 Å². The summed E-state index contributed by atoms with van der Waals surface area (Å²) in [6.07, 6.45) is 4.85. The van der Waals surface area contributed by atoms with Gasteiger partial charge in [-0.15, -0.1) is 11.3 Å². The third kappa shape index (κ3) is 3.79. The lowest BCUT2D eigenvalue weighted by Crippen LogP contribution is -2.28. The first-order valence-electron chi connectivity index (χ1n) is 9.33. The van der Waals surface area contributed by atoms with Crippen molar-refractivity contribution in [3.8, 4) is 0 Å². The van der Waals surface area contributed by atoms with Crippen LogP contribution in [-0.2, 0) is 22.9 Å². The highest BCUT2D eigenvalue weighted by Crippen LogP contribution is 2.32. The number of sulfonamides is 1. The number of carbonyl (C=O) groups is 1. The highest BCUT2D eigenvalue weighted by Gasteiger charge is 2.28. The quantitative estimate of drug-likeness (QED) is 0.846. The maximum atomic E-state index is 12.7. The van der Waals surface area contributed by atoms with Crippen molar-refractivity contribution in [2.75, 3.05) is 18.4 Å². The van der Waals surface area contributed by atoms with E-state index in [1.807, 2.05) is 0 Å². The normalized spacial score (nSPS) is 20.4. The van der Waals surface area contributed by atoms with Crippen LogP contribution in [0.2, 0.25) is 0 Å². The van der Waals surface area contributed by atoms with Gasteiger partial charge in [0.25, 0.3) is 5.91 Å². The molecule has 1 amide bonds. The number of nitrogens with zero attached hydrogens (tertiary/aromatic N) is 2. The first-order valence-corrected chi connectivity index (χ1v) is 11.6. The molecule has 0 bridgehead atoms. The van der Waals surface area contributed by atoms with Crippen LogP contribution >= 0.6 is 11.3 Å². The number of rotatable bonds is 4. The fraction of sp³-hybridized carbons (Fsp3) is 0.474. The first kappa shape index (κ1) is 18.6. The molecule has 0 radical (unpaired) electrons. The fourth-order valence-electron chi connectivity index (χ4n) is 3.64. The molecule has 8 heteroatoms. The van der Waals surface area contributed by atoms with Crippen LogP contribution in [0.1, 0.15) is 47.1 Å². The molecule has 144 valence electrons. The van der Waals surface area contributed by atoms with E-state index < -0.39 is 10.0 Å². The molecule has 2 heterocycles. The molecule has 1 atom stereocenters. The molecule has 1 N–H and O–H groups in total. The highest BCUT2D eigenvalue weighted by molar-refractivity contribution is 7.89. The van der Waals surface area contributed by atoms with Gasteiger partial charge in [-0.1, -0.05) is 13.0 Å². The monoisotopic (exact) mass is 405 g/mol. The maximum Gasteiger partial charge on any atom is 0.257 e. The SMILES string of the molecule is C[C@H]1CCc2nc(NC(=O)c3cccc(S(=O)(=O)N4CCCC4)c3)sc2C1. The molecular weight excluding hydrogens is 382 g/mol. The van der Waals surface area contributed by atoms with E-state index in [0.29, 0.717) is 29.7 Å². The topological polar surface area (TPSA) is 79.4 Å². The predicted octanol–water partition coefficient (Wildman–Crippen LogP) is 3.30. The number of benzene rings is 1. The molecule has 0 saturated carbocycles. The number of hydrogen-bond acceptors (Lipinski definition) is 5. The summed E-state index contributed by atoms with van der Waals surface area (Å²) in [5.41, 5.74) is 1.41. The van der Waals surface area contributed by atoms with Gasteiger partial charge in [-0.2, -0.15) is 4.31 Å². The van der Waals surface area contributed by atoms with E-state index in [1.165, 1.54) is 26.6 Å². The number of fused-ring (bicyclic) bond motifs is 1. The van der Waals surface area contributed by atoms with Crippen LogP contribution in [0.3, 0.4) is 0 Å². The van der Waals surface area contributed by atoms with Crippen LogP contribution in [0, 0.1) is 5.92 Å². The molecule has 4 rings (SSSR count). The molecule has 1 saturated heterocycles. The Kier molecular flexibility index (Phi) is 5.05. The first-order chi connectivity index (χ1) is 12.9. The second-order valence-corrected chi connectivity index (χ2v) is 10.4. The molecular formula is C19H23N3O3S2. The van der Waals surface area contributed by atoms with E-state index in [1.54, 1.807) is 18.2 Å². The third-order valence-corrected chi connectivity index (χ3v) is 8.14. The third-order valence-electron chi connectivity index (χ3n) is 5.21. The van der Waals surface area contributed by atoms with Crippen LogP contribution < -0.4 is 5.32 Å². The Morgan fingerprint density at radius 1 is 1.30 bits per heavy atom. The summed E-state index contributed by atoms with van der Waals surface area (Å²) in [5.74, 6) is 0.321. The summed E-state index contributed by atoms with van der Waals surface area (Å²) in [4.78, 5) is 18.6. The predicted molar refractivity (Wildman–Crippen MR) is 106 cm³/mol. The lowest BCUT2D eigenvalue weighted by atomic mass is 9.93. The molecule has 6 nitrogen and oxygen atoms in total. The van der Waals surface area contributed by atoms with Gasteiger partial charge >= 0.3 is 0 Å². The minimum atomic E-state index is -3.54. The second-order valence-electron chi connectivity index (χ2n) is 7.33. The van der Waals surface area contributed by atoms with Gasteiger partial charge in [-0.3, -0.25) is 10.1 Å². The van der Waals surface area contributed by atoms with Gasteiger partial charge in [0, 0.05) is 23.5 Å². The van der Waals surface area contributed by atoms with E-state index in [4.69, 9.17) is 0 Å². The van der Waals surface area contributed by atoms with Crippen molar-refractivity contribution in [2.24, 2.45) is 5.92 Å². The zero-order valence-electron chi connectivity index (χ0n) is 15.3. The van der Waals surface area contributed by atoms with E-state index in [-0.39, 0.29) is 10.8 Å². The van der Waals surface area contributed by atoms with Crippen molar-refractivity contribution in [2.45, 2.75) is 43.9 Å². The number of nitrogens with one attached hydrogen (secondary N) is 1. The summed E-state index contributed by atoms with van der Waals surface area (Å²) in [5, 5.41) is 3.43. The minimum Gasteiger partial charge on any atom is -0.298 e. The Balaban J connectivity index is 1.53. The summed E-state index contributed by atoms with van der Waals surface area (Å²) in [6.45, 7) is 3.32. The van der Waals surface area contributed by atoms with Crippen LogP contribution in [-0.4, -0.2) is 36.7 Å². The fourth-order valence-corrected chi connectivity index (χ4v) is 6.37. The van der Waals surface area contributed by atoms with Crippen LogP contribution in [0.25, 0.3) is 0 Å². The van der Waals surface area contributed by atoms with E-state index >= 15 is 0 Å². The van der Waals surface area contributed by atoms with Gasteiger partial charge in [-0.05, 0) is 56.2 Å². The zero-order valence-corrected chi connectivity index (χ0v) is 16.9. The Hall–Kier alpha value is -1.77. The molecule has 1 aliphatic heterocycles. The van der Waals surface area contributed by atoms with Gasteiger partial charge < -0.3 is 0 Å². The van der Waals surface area contributed by atoms with E-state index in [9.17, 15) is 13.2 Å². The average Bonchev–Trinajstić information content (AvgIpc) is 3.31. The van der Waals surface area contributed by atoms with Crippen molar-refractivity contribution < 1.29 is 13.2 Å². The number of carbonyl (C=O) groups excluding carboxylic acids is 1. The minimum absolute atomic E-state index is 0.171. The van der Waals surface area contributed by atoms with E-state index in [2.05, 4.69) is 17.2 Å². The number of aromatic nitrogens is 1. The van der Waals surface area contributed by atoms with Gasteiger partial charge in [-0.25, -0.2) is 13.4 Å². The molecule has 0 unspecified atom stereocenters. The van der Waals surface area contributed by atoms with Crippen molar-refractivity contribution in [1.82, 2.24) is 9.29 Å². The summed E-state index contributed by atoms with van der Waals surface area (Å²) in [7, 11) is -3.54. The lowest BCUT2D eigenvalue weighted by molar-refractivity contribution is 0.102. The number of aryl methyl sites for hydroxylation is 1. The van der Waals surface area contributed by atoms with Crippen molar-refractivity contribution in [3.05, 3.63) is 40.4 Å². The van der Waals surface area contributed by atoms with E-state index in [0.717, 1.165) is 37.8 Å². The van der Waals surface area contributed by atoms with Crippen molar-refractivity contribution in [1.29, 1.82) is 0 Å². The lowest BCUT2D eigenvalue weighted by Gasteiger charge is -2.15. The number of anilines is 1. The van der Waals surface area contributed by atoms with Crippen LogP contribution in [0.15, 0.2) is 29.2 Å². The number of hydrogen-bond donors (Lipinski definition) is 1. The second kappa shape index (κ2) is 7.33. The van der Waals surface area contributed by atoms with Crippen molar-refractivity contribution >= 4 is 32.4 Å².